The Kier molecular flexibility index (Phi) is 6.16. The van der Waals surface area contributed by atoms with Crippen LogP contribution in [0.3, 0.4) is 0 Å². The standard InChI is InChI=1S/C13H20O2S/c1-11(10-15-12(2)14)6-3-4-7-13-8-5-9-16-13/h5,8-9,11H,3-4,6-7,10H2,1-2H3/t11-/m0/s1. The van der Waals surface area contributed by atoms with E-state index in [2.05, 4.69) is 24.4 Å². The minimum atomic E-state index is -0.176. The van der Waals surface area contributed by atoms with Gasteiger partial charge in [-0.15, -0.1) is 11.3 Å². The molecule has 0 N–H and O–H groups in total. The van der Waals surface area contributed by atoms with Crippen molar-refractivity contribution in [3.8, 4) is 0 Å². The molecule has 0 saturated carbocycles. The maximum Gasteiger partial charge on any atom is 0.302 e. The van der Waals surface area contributed by atoms with Crippen molar-refractivity contribution in [2.75, 3.05) is 6.61 Å². The summed E-state index contributed by atoms with van der Waals surface area (Å²) in [6, 6.07) is 4.29. The van der Waals surface area contributed by atoms with E-state index in [4.69, 9.17) is 4.74 Å². The number of carbonyl (C=O) groups excluding carboxylic acids is 1. The summed E-state index contributed by atoms with van der Waals surface area (Å²) in [5.74, 6) is 0.303. The molecule has 0 spiro atoms. The molecule has 1 heterocycles. The maximum absolute atomic E-state index is 10.6. The van der Waals surface area contributed by atoms with Gasteiger partial charge in [0.25, 0.3) is 0 Å². The van der Waals surface area contributed by atoms with Crippen LogP contribution in [0, 0.1) is 5.92 Å². The van der Waals surface area contributed by atoms with Crippen LogP contribution in [0.4, 0.5) is 0 Å². The minimum absolute atomic E-state index is 0.176. The molecule has 3 heteroatoms. The number of aryl methyl sites for hydroxylation is 1. The first kappa shape index (κ1) is 13.2. The molecule has 0 saturated heterocycles. The van der Waals surface area contributed by atoms with Crippen LogP contribution >= 0.6 is 11.3 Å². The van der Waals surface area contributed by atoms with Gasteiger partial charge in [0.1, 0.15) is 0 Å². The van der Waals surface area contributed by atoms with E-state index in [0.29, 0.717) is 12.5 Å². The average Bonchev–Trinajstić information content (AvgIpc) is 2.74. The van der Waals surface area contributed by atoms with Crippen molar-refractivity contribution in [2.45, 2.75) is 39.5 Å². The van der Waals surface area contributed by atoms with Gasteiger partial charge in [0.05, 0.1) is 6.61 Å². The largest absolute Gasteiger partial charge is 0.466 e. The van der Waals surface area contributed by atoms with Gasteiger partial charge in [0, 0.05) is 11.8 Å². The smallest absolute Gasteiger partial charge is 0.302 e. The van der Waals surface area contributed by atoms with E-state index in [-0.39, 0.29) is 5.97 Å². The number of ether oxygens (including phenoxy) is 1. The molecule has 0 aliphatic carbocycles. The van der Waals surface area contributed by atoms with Gasteiger partial charge in [-0.25, -0.2) is 0 Å². The third-order valence-electron chi connectivity index (χ3n) is 2.52. The number of thiophene rings is 1. The Balaban J connectivity index is 2.00. The Morgan fingerprint density at radius 1 is 1.50 bits per heavy atom. The predicted molar refractivity (Wildman–Crippen MR) is 67.7 cm³/mol. The molecule has 0 bridgehead atoms. The normalized spacial score (nSPS) is 12.4. The van der Waals surface area contributed by atoms with Crippen LogP contribution in [-0.2, 0) is 16.0 Å². The van der Waals surface area contributed by atoms with Gasteiger partial charge < -0.3 is 4.74 Å². The molecule has 2 nitrogen and oxygen atoms in total. The maximum atomic E-state index is 10.6. The van der Waals surface area contributed by atoms with Gasteiger partial charge in [-0.3, -0.25) is 4.79 Å². The van der Waals surface area contributed by atoms with Crippen molar-refractivity contribution in [3.63, 3.8) is 0 Å². The zero-order valence-electron chi connectivity index (χ0n) is 10.1. The van der Waals surface area contributed by atoms with Crippen LogP contribution in [-0.4, -0.2) is 12.6 Å². The molecule has 1 atom stereocenters. The summed E-state index contributed by atoms with van der Waals surface area (Å²) in [5, 5.41) is 2.12. The number of carbonyl (C=O) groups is 1. The van der Waals surface area contributed by atoms with E-state index in [1.165, 1.54) is 31.1 Å². The zero-order valence-corrected chi connectivity index (χ0v) is 10.9. The predicted octanol–water partition coefficient (Wildman–Crippen LogP) is 3.66. The molecule has 0 aromatic carbocycles. The Morgan fingerprint density at radius 3 is 2.94 bits per heavy atom. The van der Waals surface area contributed by atoms with E-state index in [0.717, 1.165) is 6.42 Å². The summed E-state index contributed by atoms with van der Waals surface area (Å²) in [6.45, 7) is 4.16. The van der Waals surface area contributed by atoms with Crippen LogP contribution in [0.1, 0.15) is 38.0 Å². The molecule has 0 fully saturated rings. The molecule has 16 heavy (non-hydrogen) atoms. The average molecular weight is 240 g/mol. The molecule has 1 rings (SSSR count). The topological polar surface area (TPSA) is 26.3 Å². The number of unbranched alkanes of at least 4 members (excludes halogenated alkanes) is 1. The lowest BCUT2D eigenvalue weighted by Crippen LogP contribution is -2.09. The van der Waals surface area contributed by atoms with Crippen LogP contribution < -0.4 is 0 Å². The lowest BCUT2D eigenvalue weighted by atomic mass is 10.0. The molecule has 0 radical (unpaired) electrons. The summed E-state index contributed by atoms with van der Waals surface area (Å²) in [7, 11) is 0. The van der Waals surface area contributed by atoms with Crippen LogP contribution in [0.15, 0.2) is 17.5 Å². The number of esters is 1. The van der Waals surface area contributed by atoms with E-state index in [9.17, 15) is 4.79 Å². The molecular formula is C13H20O2S. The number of hydrogen-bond acceptors (Lipinski definition) is 3. The molecule has 0 aliphatic heterocycles. The van der Waals surface area contributed by atoms with Gasteiger partial charge in [0.15, 0.2) is 0 Å². The summed E-state index contributed by atoms with van der Waals surface area (Å²) < 4.78 is 4.97. The monoisotopic (exact) mass is 240 g/mol. The second kappa shape index (κ2) is 7.44. The summed E-state index contributed by atoms with van der Waals surface area (Å²) >= 11 is 1.83. The first-order chi connectivity index (χ1) is 7.68. The highest BCUT2D eigenvalue weighted by molar-refractivity contribution is 7.09. The Bertz CT molecular complexity index is 293. The van der Waals surface area contributed by atoms with Gasteiger partial charge in [-0.05, 0) is 36.6 Å². The van der Waals surface area contributed by atoms with Crippen LogP contribution in [0.5, 0.6) is 0 Å². The third kappa shape index (κ3) is 5.91. The summed E-state index contributed by atoms with van der Waals surface area (Å²) in [5.41, 5.74) is 0. The molecule has 0 amide bonds. The number of hydrogen-bond donors (Lipinski definition) is 0. The van der Waals surface area contributed by atoms with Crippen molar-refractivity contribution in [1.82, 2.24) is 0 Å². The van der Waals surface area contributed by atoms with Crippen molar-refractivity contribution in [2.24, 2.45) is 5.92 Å². The van der Waals surface area contributed by atoms with E-state index < -0.39 is 0 Å². The molecule has 1 aromatic rings. The highest BCUT2D eigenvalue weighted by Crippen LogP contribution is 2.15. The molecule has 1 aromatic heterocycles. The van der Waals surface area contributed by atoms with E-state index >= 15 is 0 Å². The Hall–Kier alpha value is -0.830. The second-order valence-corrected chi connectivity index (χ2v) is 5.27. The van der Waals surface area contributed by atoms with Gasteiger partial charge in [-0.2, -0.15) is 0 Å². The van der Waals surface area contributed by atoms with Crippen molar-refractivity contribution >= 4 is 17.3 Å². The third-order valence-corrected chi connectivity index (χ3v) is 3.46. The first-order valence-corrected chi connectivity index (χ1v) is 6.72. The fourth-order valence-corrected chi connectivity index (χ4v) is 2.34. The SMILES string of the molecule is CC(=O)OC[C@@H](C)CCCCc1cccs1. The van der Waals surface area contributed by atoms with E-state index in [1.807, 2.05) is 11.3 Å². The highest BCUT2D eigenvalue weighted by Gasteiger charge is 2.04. The quantitative estimate of drug-likeness (QED) is 0.537. The van der Waals surface area contributed by atoms with E-state index in [1.54, 1.807) is 0 Å². The van der Waals surface area contributed by atoms with Crippen LogP contribution in [0.2, 0.25) is 0 Å². The van der Waals surface area contributed by atoms with Crippen molar-refractivity contribution in [1.29, 1.82) is 0 Å². The lowest BCUT2D eigenvalue weighted by molar-refractivity contribution is -0.142. The molecule has 0 unspecified atom stereocenters. The van der Waals surface area contributed by atoms with Crippen molar-refractivity contribution < 1.29 is 9.53 Å². The summed E-state index contributed by atoms with van der Waals surface area (Å²) in [4.78, 5) is 12.1. The molecular weight excluding hydrogens is 220 g/mol. The van der Waals surface area contributed by atoms with Gasteiger partial charge in [0.2, 0.25) is 0 Å². The Labute approximate surface area is 102 Å². The molecule has 0 aliphatic rings. The van der Waals surface area contributed by atoms with Gasteiger partial charge in [-0.1, -0.05) is 19.4 Å². The molecule has 90 valence electrons. The lowest BCUT2D eigenvalue weighted by Gasteiger charge is -2.10. The minimum Gasteiger partial charge on any atom is -0.466 e. The summed E-state index contributed by atoms with van der Waals surface area (Å²) in [6.07, 6.45) is 4.75. The Morgan fingerprint density at radius 2 is 2.31 bits per heavy atom. The van der Waals surface area contributed by atoms with Crippen LogP contribution in [0.25, 0.3) is 0 Å². The first-order valence-electron chi connectivity index (χ1n) is 5.84. The second-order valence-electron chi connectivity index (χ2n) is 4.23. The van der Waals surface area contributed by atoms with Crippen molar-refractivity contribution in [3.05, 3.63) is 22.4 Å². The fraction of sp³-hybridized carbons (Fsp3) is 0.615. The van der Waals surface area contributed by atoms with Gasteiger partial charge >= 0.3 is 5.97 Å². The highest BCUT2D eigenvalue weighted by atomic mass is 32.1. The number of rotatable bonds is 7. The zero-order chi connectivity index (χ0) is 11.8. The fourth-order valence-electron chi connectivity index (χ4n) is 1.59.